The number of aliphatic hydroxyl groups excluding tert-OH is 2. The molecule has 0 aliphatic carbocycles. The molecule has 0 radical (unpaired) electrons. The summed E-state index contributed by atoms with van der Waals surface area (Å²) in [5.74, 6) is -0.273. The highest BCUT2D eigenvalue weighted by atomic mass is 32.2. The maximum Gasteiger partial charge on any atom is 0.185 e. The summed E-state index contributed by atoms with van der Waals surface area (Å²) in [6.07, 6.45) is -2.23. The summed E-state index contributed by atoms with van der Waals surface area (Å²) in [4.78, 5) is 10.7. The van der Waals surface area contributed by atoms with E-state index in [-0.39, 0.29) is 22.8 Å². The van der Waals surface area contributed by atoms with Crippen molar-refractivity contribution in [2.45, 2.75) is 25.6 Å². The first-order chi connectivity index (χ1) is 8.41. The monoisotopic (exact) mass is 273 g/mol. The summed E-state index contributed by atoms with van der Waals surface area (Å²) in [5, 5.41) is 19.4. The van der Waals surface area contributed by atoms with Gasteiger partial charge in [0.25, 0.3) is 0 Å². The lowest BCUT2D eigenvalue weighted by Crippen LogP contribution is -2.20. The fraction of sp³-hybridized carbons (Fsp3) is 0.417. The van der Waals surface area contributed by atoms with E-state index in [2.05, 4.69) is 0 Å². The molecule has 1 aromatic rings. The Balaban J connectivity index is 2.62. The van der Waals surface area contributed by atoms with E-state index in [1.807, 2.05) is 0 Å². The number of nitrogen functional groups attached to an aromatic ring is 1. The number of benzene rings is 1. The SMILES string of the molecule is CC(=O)SCCC(O)C(O)c1ccc(N)cc1F. The number of hydrogen-bond donors (Lipinski definition) is 3. The van der Waals surface area contributed by atoms with E-state index in [1.54, 1.807) is 0 Å². The first-order valence-electron chi connectivity index (χ1n) is 5.46. The number of rotatable bonds is 5. The summed E-state index contributed by atoms with van der Waals surface area (Å²) < 4.78 is 13.5. The van der Waals surface area contributed by atoms with Crippen LogP contribution >= 0.6 is 11.8 Å². The minimum atomic E-state index is -1.32. The minimum absolute atomic E-state index is 0.00419. The molecule has 0 saturated carbocycles. The Labute approximate surface area is 109 Å². The maximum absolute atomic E-state index is 13.5. The van der Waals surface area contributed by atoms with Crippen LogP contribution in [0.5, 0.6) is 0 Å². The van der Waals surface area contributed by atoms with Crippen molar-refractivity contribution >= 4 is 22.6 Å². The molecule has 4 N–H and O–H groups in total. The smallest absolute Gasteiger partial charge is 0.185 e. The van der Waals surface area contributed by atoms with Crippen molar-refractivity contribution in [1.82, 2.24) is 0 Å². The normalized spacial score (nSPS) is 14.2. The molecule has 0 fully saturated rings. The molecule has 1 rings (SSSR count). The van der Waals surface area contributed by atoms with Crippen LogP contribution in [0, 0.1) is 5.82 Å². The van der Waals surface area contributed by atoms with Gasteiger partial charge in [-0.15, -0.1) is 0 Å². The lowest BCUT2D eigenvalue weighted by Gasteiger charge is -2.18. The third kappa shape index (κ3) is 4.29. The summed E-state index contributed by atoms with van der Waals surface area (Å²) in [5.41, 5.74) is 5.65. The molecule has 0 aromatic heterocycles. The number of nitrogens with two attached hydrogens (primary N) is 1. The van der Waals surface area contributed by atoms with Crippen molar-refractivity contribution in [2.24, 2.45) is 0 Å². The van der Waals surface area contributed by atoms with E-state index in [1.165, 1.54) is 19.1 Å². The quantitative estimate of drug-likeness (QED) is 0.708. The number of thioether (sulfide) groups is 1. The Morgan fingerprint density at radius 2 is 2.17 bits per heavy atom. The lowest BCUT2D eigenvalue weighted by molar-refractivity contribution is -0.109. The zero-order valence-corrected chi connectivity index (χ0v) is 10.8. The van der Waals surface area contributed by atoms with Gasteiger partial charge in [0.05, 0.1) is 6.10 Å². The molecule has 18 heavy (non-hydrogen) atoms. The molecule has 0 spiro atoms. The standard InChI is InChI=1S/C12H16FNO3S/c1-7(15)18-5-4-11(16)12(17)9-3-2-8(14)6-10(9)13/h2-3,6,11-12,16-17H,4-5,14H2,1H3. The van der Waals surface area contributed by atoms with E-state index in [4.69, 9.17) is 5.73 Å². The molecule has 0 bridgehead atoms. The fourth-order valence-electron chi connectivity index (χ4n) is 1.47. The molecule has 1 aromatic carbocycles. The predicted octanol–water partition coefficient (Wildman–Crippen LogP) is 1.47. The molecule has 0 aliphatic heterocycles. The first-order valence-corrected chi connectivity index (χ1v) is 6.44. The van der Waals surface area contributed by atoms with Crippen molar-refractivity contribution in [1.29, 1.82) is 0 Å². The van der Waals surface area contributed by atoms with Crippen LogP contribution in [-0.2, 0) is 4.79 Å². The lowest BCUT2D eigenvalue weighted by atomic mass is 10.0. The molecule has 0 heterocycles. The third-order valence-corrected chi connectivity index (χ3v) is 3.27. The predicted molar refractivity (Wildman–Crippen MR) is 69.5 cm³/mol. The first kappa shape index (κ1) is 14.9. The van der Waals surface area contributed by atoms with Crippen LogP contribution in [0.1, 0.15) is 25.0 Å². The second-order valence-corrected chi connectivity index (χ2v) is 5.19. The highest BCUT2D eigenvalue weighted by Gasteiger charge is 2.21. The van der Waals surface area contributed by atoms with Gasteiger partial charge in [-0.05, 0) is 18.6 Å². The van der Waals surface area contributed by atoms with Gasteiger partial charge in [0.2, 0.25) is 0 Å². The number of anilines is 1. The van der Waals surface area contributed by atoms with Crippen LogP contribution in [0.4, 0.5) is 10.1 Å². The molecule has 0 amide bonds. The molecule has 4 nitrogen and oxygen atoms in total. The molecule has 0 aliphatic rings. The maximum atomic E-state index is 13.5. The van der Waals surface area contributed by atoms with Crippen LogP contribution in [-0.4, -0.2) is 27.2 Å². The molecule has 0 saturated heterocycles. The molecular weight excluding hydrogens is 257 g/mol. The zero-order valence-electron chi connectivity index (χ0n) is 9.97. The highest BCUT2D eigenvalue weighted by molar-refractivity contribution is 8.13. The van der Waals surface area contributed by atoms with Gasteiger partial charge < -0.3 is 15.9 Å². The second-order valence-electron chi connectivity index (χ2n) is 3.92. The van der Waals surface area contributed by atoms with Gasteiger partial charge in [-0.2, -0.15) is 0 Å². The van der Waals surface area contributed by atoms with Gasteiger partial charge in [-0.3, -0.25) is 4.79 Å². The van der Waals surface area contributed by atoms with Crippen LogP contribution in [0.25, 0.3) is 0 Å². The Kier molecular flexibility index (Phi) is 5.58. The minimum Gasteiger partial charge on any atom is -0.399 e. The fourth-order valence-corrected chi connectivity index (χ4v) is 2.12. The Morgan fingerprint density at radius 1 is 1.50 bits per heavy atom. The van der Waals surface area contributed by atoms with Gasteiger partial charge in [0.15, 0.2) is 5.12 Å². The number of hydrogen-bond acceptors (Lipinski definition) is 5. The average molecular weight is 273 g/mol. The summed E-state index contributed by atoms with van der Waals surface area (Å²) in [7, 11) is 0. The second kappa shape index (κ2) is 6.72. The van der Waals surface area contributed by atoms with Crippen molar-refractivity contribution in [2.75, 3.05) is 11.5 Å². The summed E-state index contributed by atoms with van der Waals surface area (Å²) in [6.45, 7) is 1.42. The van der Waals surface area contributed by atoms with Crippen molar-refractivity contribution in [3.63, 3.8) is 0 Å². The van der Waals surface area contributed by atoms with Gasteiger partial charge in [-0.25, -0.2) is 4.39 Å². The van der Waals surface area contributed by atoms with Crippen LogP contribution in [0.15, 0.2) is 18.2 Å². The number of carbonyl (C=O) groups excluding carboxylic acids is 1. The summed E-state index contributed by atoms with van der Waals surface area (Å²) in [6, 6.07) is 3.89. The number of aliphatic hydroxyl groups is 2. The van der Waals surface area contributed by atoms with E-state index in [0.29, 0.717) is 5.75 Å². The average Bonchev–Trinajstić information content (AvgIpc) is 2.27. The highest BCUT2D eigenvalue weighted by Crippen LogP contribution is 2.24. The number of carbonyl (C=O) groups is 1. The van der Waals surface area contributed by atoms with Crippen molar-refractivity contribution in [3.8, 4) is 0 Å². The van der Waals surface area contributed by atoms with E-state index in [0.717, 1.165) is 17.8 Å². The Bertz CT molecular complexity index is 428. The molecule has 100 valence electrons. The van der Waals surface area contributed by atoms with Crippen LogP contribution < -0.4 is 5.73 Å². The van der Waals surface area contributed by atoms with E-state index in [9.17, 15) is 19.4 Å². The molecule has 2 unspecified atom stereocenters. The van der Waals surface area contributed by atoms with Gasteiger partial charge in [-0.1, -0.05) is 17.8 Å². The zero-order chi connectivity index (χ0) is 13.7. The van der Waals surface area contributed by atoms with Gasteiger partial charge >= 0.3 is 0 Å². The Hall–Kier alpha value is -1.11. The van der Waals surface area contributed by atoms with E-state index >= 15 is 0 Å². The topological polar surface area (TPSA) is 83.5 Å². The number of halogens is 1. The van der Waals surface area contributed by atoms with Crippen molar-refractivity contribution < 1.29 is 19.4 Å². The summed E-state index contributed by atoms with van der Waals surface area (Å²) >= 11 is 1.06. The van der Waals surface area contributed by atoms with Crippen molar-refractivity contribution in [3.05, 3.63) is 29.6 Å². The van der Waals surface area contributed by atoms with Crippen LogP contribution in [0.3, 0.4) is 0 Å². The molecule has 6 heteroatoms. The largest absolute Gasteiger partial charge is 0.399 e. The molecule has 2 atom stereocenters. The van der Waals surface area contributed by atoms with E-state index < -0.39 is 18.0 Å². The van der Waals surface area contributed by atoms with Crippen LogP contribution in [0.2, 0.25) is 0 Å². The van der Waals surface area contributed by atoms with Gasteiger partial charge in [0.1, 0.15) is 11.9 Å². The Morgan fingerprint density at radius 3 is 2.72 bits per heavy atom. The third-order valence-electron chi connectivity index (χ3n) is 2.43. The van der Waals surface area contributed by atoms with Gasteiger partial charge in [0, 0.05) is 23.9 Å². The molecular formula is C12H16FNO3S.